The van der Waals surface area contributed by atoms with Crippen LogP contribution in [0, 0.1) is 10.1 Å². The zero-order valence-electron chi connectivity index (χ0n) is 10.1. The molecule has 2 heterocycles. The first-order valence-corrected chi connectivity index (χ1v) is 5.71. The Hall–Kier alpha value is -3.09. The monoisotopic (exact) mass is 271 g/mol. The molecule has 2 N–H and O–H groups in total. The van der Waals surface area contributed by atoms with Gasteiger partial charge in [-0.05, 0) is 18.2 Å². The molecule has 0 bridgehead atoms. The third kappa shape index (κ3) is 1.72. The van der Waals surface area contributed by atoms with Crippen LogP contribution in [0.5, 0.6) is 11.5 Å². The van der Waals surface area contributed by atoms with Crippen LogP contribution in [0.2, 0.25) is 0 Å². The molecule has 0 fully saturated rings. The van der Waals surface area contributed by atoms with E-state index in [0.29, 0.717) is 16.9 Å². The predicted molar refractivity (Wildman–Crippen MR) is 70.6 cm³/mol. The van der Waals surface area contributed by atoms with Crippen molar-refractivity contribution in [3.05, 3.63) is 52.8 Å². The van der Waals surface area contributed by atoms with Crippen LogP contribution < -0.4 is 0 Å². The van der Waals surface area contributed by atoms with Crippen molar-refractivity contribution in [3.63, 3.8) is 0 Å². The molecule has 1 aromatic carbocycles. The van der Waals surface area contributed by atoms with Gasteiger partial charge in [0.05, 0.1) is 16.8 Å². The number of phenolic OH excluding ortho intramolecular Hbond substituents is 2. The van der Waals surface area contributed by atoms with Gasteiger partial charge in [0.25, 0.3) is 0 Å². The number of fused-ring (bicyclic) bond motifs is 1. The lowest BCUT2D eigenvalue weighted by molar-refractivity contribution is -0.385. The standard InChI is InChI=1S/C13H9N3O4/c17-11-6-8(5-9(13(11)18)16(19)20)10-7-14-12-3-1-2-4-15(10)12/h1-7,17-18H. The van der Waals surface area contributed by atoms with E-state index in [0.717, 1.165) is 0 Å². The first kappa shape index (κ1) is 12.0. The van der Waals surface area contributed by atoms with Crippen molar-refractivity contribution in [2.75, 3.05) is 0 Å². The molecule has 20 heavy (non-hydrogen) atoms. The van der Waals surface area contributed by atoms with E-state index in [1.54, 1.807) is 28.9 Å². The van der Waals surface area contributed by atoms with Crippen LogP contribution in [-0.2, 0) is 0 Å². The van der Waals surface area contributed by atoms with Crippen LogP contribution in [0.3, 0.4) is 0 Å². The van der Waals surface area contributed by atoms with Gasteiger partial charge in [0.2, 0.25) is 5.75 Å². The lowest BCUT2D eigenvalue weighted by Gasteiger charge is -2.05. The summed E-state index contributed by atoms with van der Waals surface area (Å²) in [5.74, 6) is -1.28. The molecule has 0 radical (unpaired) electrons. The molecule has 0 aliphatic rings. The van der Waals surface area contributed by atoms with Crippen molar-refractivity contribution in [2.45, 2.75) is 0 Å². The number of pyridine rings is 1. The highest BCUT2D eigenvalue weighted by molar-refractivity contribution is 5.72. The molecular weight excluding hydrogens is 262 g/mol. The van der Waals surface area contributed by atoms with Gasteiger partial charge >= 0.3 is 5.69 Å². The second-order valence-corrected chi connectivity index (χ2v) is 4.19. The van der Waals surface area contributed by atoms with E-state index < -0.39 is 22.1 Å². The molecule has 100 valence electrons. The van der Waals surface area contributed by atoms with Crippen molar-refractivity contribution < 1.29 is 15.1 Å². The van der Waals surface area contributed by atoms with E-state index in [1.807, 2.05) is 6.07 Å². The maximum absolute atomic E-state index is 10.9. The van der Waals surface area contributed by atoms with E-state index in [4.69, 9.17) is 0 Å². The van der Waals surface area contributed by atoms with E-state index in [1.165, 1.54) is 12.1 Å². The Labute approximate surface area is 112 Å². The highest BCUT2D eigenvalue weighted by Crippen LogP contribution is 2.39. The van der Waals surface area contributed by atoms with Crippen LogP contribution in [0.25, 0.3) is 16.9 Å². The second-order valence-electron chi connectivity index (χ2n) is 4.19. The number of hydrogen-bond donors (Lipinski definition) is 2. The van der Waals surface area contributed by atoms with Crippen LogP contribution in [-0.4, -0.2) is 24.5 Å². The zero-order chi connectivity index (χ0) is 14.3. The molecule has 0 aliphatic carbocycles. The Morgan fingerprint density at radius 2 is 2.05 bits per heavy atom. The normalized spacial score (nSPS) is 10.8. The number of rotatable bonds is 2. The van der Waals surface area contributed by atoms with E-state index >= 15 is 0 Å². The average Bonchev–Trinajstić information content (AvgIpc) is 2.85. The number of nitrogens with zero attached hydrogens (tertiary/aromatic N) is 3. The Bertz CT molecular complexity index is 826. The summed E-state index contributed by atoms with van der Waals surface area (Å²) in [6, 6.07) is 7.87. The molecule has 0 aliphatic heterocycles. The average molecular weight is 271 g/mol. The minimum absolute atomic E-state index is 0.394. The Morgan fingerprint density at radius 1 is 1.25 bits per heavy atom. The Balaban J connectivity index is 2.27. The second kappa shape index (κ2) is 4.23. The van der Waals surface area contributed by atoms with E-state index in [2.05, 4.69) is 4.98 Å². The SMILES string of the molecule is O=[N+]([O-])c1cc(-c2cnc3ccccn23)cc(O)c1O. The van der Waals surface area contributed by atoms with Crippen LogP contribution in [0.4, 0.5) is 5.69 Å². The number of benzene rings is 1. The van der Waals surface area contributed by atoms with Crippen molar-refractivity contribution in [1.29, 1.82) is 0 Å². The summed E-state index contributed by atoms with van der Waals surface area (Å²) < 4.78 is 1.73. The summed E-state index contributed by atoms with van der Waals surface area (Å²) in [5, 5.41) is 30.0. The first-order valence-electron chi connectivity index (χ1n) is 5.71. The summed E-state index contributed by atoms with van der Waals surface area (Å²) >= 11 is 0. The molecular formula is C13H9N3O4. The maximum Gasteiger partial charge on any atom is 0.315 e. The van der Waals surface area contributed by atoms with Crippen molar-refractivity contribution in [2.24, 2.45) is 0 Å². The van der Waals surface area contributed by atoms with Gasteiger partial charge < -0.3 is 10.2 Å². The molecule has 7 nitrogen and oxygen atoms in total. The van der Waals surface area contributed by atoms with Gasteiger partial charge in [-0.3, -0.25) is 14.5 Å². The number of aromatic nitrogens is 2. The quantitative estimate of drug-likeness (QED) is 0.423. The highest BCUT2D eigenvalue weighted by Gasteiger charge is 2.20. The largest absolute Gasteiger partial charge is 0.504 e. The molecule has 3 rings (SSSR count). The molecule has 0 unspecified atom stereocenters. The number of hydrogen-bond acceptors (Lipinski definition) is 5. The molecule has 0 amide bonds. The van der Waals surface area contributed by atoms with E-state index in [-0.39, 0.29) is 0 Å². The third-order valence-electron chi connectivity index (χ3n) is 2.98. The number of imidazole rings is 1. The minimum Gasteiger partial charge on any atom is -0.504 e. The number of phenols is 2. The van der Waals surface area contributed by atoms with Gasteiger partial charge in [-0.2, -0.15) is 0 Å². The third-order valence-corrected chi connectivity index (χ3v) is 2.98. The van der Waals surface area contributed by atoms with E-state index in [9.17, 15) is 20.3 Å². The molecule has 0 atom stereocenters. The lowest BCUT2D eigenvalue weighted by Crippen LogP contribution is -1.92. The van der Waals surface area contributed by atoms with Crippen LogP contribution in [0.15, 0.2) is 42.7 Å². The number of nitro groups is 1. The maximum atomic E-state index is 10.9. The summed E-state index contributed by atoms with van der Waals surface area (Å²) in [6.07, 6.45) is 3.30. The fourth-order valence-electron chi connectivity index (χ4n) is 2.04. The summed E-state index contributed by atoms with van der Waals surface area (Å²) in [5.41, 5.74) is 1.10. The number of aromatic hydroxyl groups is 2. The molecule has 0 saturated heterocycles. The smallest absolute Gasteiger partial charge is 0.315 e. The van der Waals surface area contributed by atoms with Gasteiger partial charge in [-0.25, -0.2) is 4.98 Å². The van der Waals surface area contributed by atoms with Gasteiger partial charge in [0.15, 0.2) is 5.75 Å². The molecule has 7 heteroatoms. The summed E-state index contributed by atoms with van der Waals surface area (Å²) in [6.45, 7) is 0. The van der Waals surface area contributed by atoms with Gasteiger partial charge in [0, 0.05) is 17.8 Å². The minimum atomic E-state index is -0.748. The Kier molecular flexibility index (Phi) is 2.53. The number of nitro benzene ring substituents is 1. The fourth-order valence-corrected chi connectivity index (χ4v) is 2.04. The molecule has 2 aromatic heterocycles. The van der Waals surface area contributed by atoms with Gasteiger partial charge in [0.1, 0.15) is 5.65 Å². The molecule has 3 aromatic rings. The fraction of sp³-hybridized carbons (Fsp3) is 0. The van der Waals surface area contributed by atoms with Crippen LogP contribution >= 0.6 is 0 Å². The van der Waals surface area contributed by atoms with Crippen LogP contribution in [0.1, 0.15) is 0 Å². The predicted octanol–water partition coefficient (Wildman–Crippen LogP) is 2.32. The first-order chi connectivity index (χ1) is 9.58. The highest BCUT2D eigenvalue weighted by atomic mass is 16.6. The molecule has 0 saturated carbocycles. The van der Waals surface area contributed by atoms with Gasteiger partial charge in [-0.15, -0.1) is 0 Å². The molecule has 0 spiro atoms. The summed E-state index contributed by atoms with van der Waals surface area (Å²) in [7, 11) is 0. The van der Waals surface area contributed by atoms with Crippen molar-refractivity contribution >= 4 is 11.3 Å². The lowest BCUT2D eigenvalue weighted by atomic mass is 10.1. The topological polar surface area (TPSA) is 101 Å². The van der Waals surface area contributed by atoms with Crippen molar-refractivity contribution in [3.8, 4) is 22.8 Å². The Morgan fingerprint density at radius 3 is 2.80 bits per heavy atom. The summed E-state index contributed by atoms with van der Waals surface area (Å²) in [4.78, 5) is 14.3. The van der Waals surface area contributed by atoms with Gasteiger partial charge in [-0.1, -0.05) is 6.07 Å². The zero-order valence-corrected chi connectivity index (χ0v) is 10.1. The van der Waals surface area contributed by atoms with Crippen molar-refractivity contribution in [1.82, 2.24) is 9.38 Å².